The number of aromatic nitrogens is 4. The Morgan fingerprint density at radius 3 is 2.62 bits per heavy atom. The molecule has 0 aliphatic rings. The first-order chi connectivity index (χ1) is 15.4. The number of nitrogens with zero attached hydrogens (tertiary/aromatic N) is 3. The number of carbonyl (C=O) groups is 1. The number of H-pyrrole nitrogens is 1. The summed E-state index contributed by atoms with van der Waals surface area (Å²) in [6.07, 6.45) is 1.52. The normalized spacial score (nSPS) is 10.8. The predicted molar refractivity (Wildman–Crippen MR) is 117 cm³/mol. The molecule has 0 saturated heterocycles. The van der Waals surface area contributed by atoms with E-state index in [0.29, 0.717) is 39.8 Å². The highest BCUT2D eigenvalue weighted by Crippen LogP contribution is 2.28. The number of furan rings is 1. The van der Waals surface area contributed by atoms with E-state index >= 15 is 0 Å². The molecular weight excluding hydrogens is 414 g/mol. The van der Waals surface area contributed by atoms with E-state index < -0.39 is 5.91 Å². The molecule has 3 heterocycles. The molecule has 1 amide bonds. The Hall–Kier alpha value is -4.34. The van der Waals surface area contributed by atoms with Crippen LogP contribution in [0, 0.1) is 13.8 Å². The smallest absolute Gasteiger partial charge is 0.260 e. The zero-order valence-electron chi connectivity index (χ0n) is 17.9. The van der Waals surface area contributed by atoms with Crippen LogP contribution in [-0.2, 0) is 0 Å². The molecule has 3 aromatic heterocycles. The van der Waals surface area contributed by atoms with Crippen LogP contribution in [0.5, 0.6) is 11.5 Å². The van der Waals surface area contributed by atoms with E-state index in [1.54, 1.807) is 50.2 Å². The molecule has 32 heavy (non-hydrogen) atoms. The van der Waals surface area contributed by atoms with Gasteiger partial charge in [0.1, 0.15) is 23.0 Å². The maximum atomic E-state index is 13.1. The summed E-state index contributed by atoms with van der Waals surface area (Å²) in [7, 11) is 3.00. The first kappa shape index (κ1) is 20.9. The highest BCUT2D eigenvalue weighted by molar-refractivity contribution is 6.06. The van der Waals surface area contributed by atoms with Crippen LogP contribution < -0.4 is 20.3 Å². The monoisotopic (exact) mass is 435 g/mol. The van der Waals surface area contributed by atoms with Crippen LogP contribution in [-0.4, -0.2) is 39.9 Å². The maximum Gasteiger partial charge on any atom is 0.260 e. The van der Waals surface area contributed by atoms with Crippen LogP contribution in [0.1, 0.15) is 21.6 Å². The van der Waals surface area contributed by atoms with Gasteiger partial charge in [0.2, 0.25) is 5.95 Å². The van der Waals surface area contributed by atoms with Gasteiger partial charge in [0.05, 0.1) is 26.0 Å². The summed E-state index contributed by atoms with van der Waals surface area (Å²) in [4.78, 5) is 32.5. The van der Waals surface area contributed by atoms with E-state index in [9.17, 15) is 9.59 Å². The number of methoxy groups -OCH3 is 2. The zero-order valence-corrected chi connectivity index (χ0v) is 17.9. The summed E-state index contributed by atoms with van der Waals surface area (Å²) >= 11 is 0. The van der Waals surface area contributed by atoms with Gasteiger partial charge in [-0.25, -0.2) is 4.98 Å². The number of anilines is 1. The number of hydrogen-bond donors (Lipinski definition) is 2. The van der Waals surface area contributed by atoms with Gasteiger partial charge < -0.3 is 19.2 Å². The number of amides is 1. The molecule has 0 spiro atoms. The Kier molecular flexibility index (Phi) is 5.50. The third-order valence-corrected chi connectivity index (χ3v) is 4.96. The molecule has 164 valence electrons. The summed E-state index contributed by atoms with van der Waals surface area (Å²) in [5.74, 6) is 1.39. The van der Waals surface area contributed by atoms with Gasteiger partial charge in [-0.2, -0.15) is 9.78 Å². The molecule has 0 radical (unpaired) electrons. The molecular formula is C22H21N5O5. The van der Waals surface area contributed by atoms with E-state index in [0.717, 1.165) is 0 Å². The molecule has 10 nitrogen and oxygen atoms in total. The van der Waals surface area contributed by atoms with Gasteiger partial charge in [-0.3, -0.25) is 14.6 Å². The average Bonchev–Trinajstić information content (AvgIpc) is 3.46. The van der Waals surface area contributed by atoms with Gasteiger partial charge in [-0.15, -0.1) is 0 Å². The molecule has 4 rings (SSSR count). The van der Waals surface area contributed by atoms with Crippen molar-refractivity contribution < 1.29 is 18.7 Å². The molecule has 10 heteroatoms. The quantitative estimate of drug-likeness (QED) is 0.477. The minimum absolute atomic E-state index is 0.160. The van der Waals surface area contributed by atoms with Crippen LogP contribution in [0.4, 0.5) is 5.82 Å². The lowest BCUT2D eigenvalue weighted by Gasteiger charge is -2.12. The van der Waals surface area contributed by atoms with Crippen molar-refractivity contribution in [3.8, 4) is 28.9 Å². The zero-order chi connectivity index (χ0) is 22.8. The summed E-state index contributed by atoms with van der Waals surface area (Å²) in [5, 5.41) is 7.29. The number of rotatable bonds is 6. The molecule has 1 aromatic carbocycles. The molecule has 0 bridgehead atoms. The summed E-state index contributed by atoms with van der Waals surface area (Å²) in [6, 6.07) is 9.96. The van der Waals surface area contributed by atoms with Gasteiger partial charge >= 0.3 is 0 Å². The van der Waals surface area contributed by atoms with Crippen molar-refractivity contribution >= 4 is 11.7 Å². The second kappa shape index (κ2) is 8.42. The predicted octanol–water partition coefficient (Wildman–Crippen LogP) is 3.10. The Morgan fingerprint density at radius 2 is 1.97 bits per heavy atom. The lowest BCUT2D eigenvalue weighted by Crippen LogP contribution is -2.21. The third kappa shape index (κ3) is 3.85. The van der Waals surface area contributed by atoms with E-state index in [1.165, 1.54) is 25.2 Å². The molecule has 0 fully saturated rings. The van der Waals surface area contributed by atoms with Crippen molar-refractivity contribution in [1.29, 1.82) is 0 Å². The molecule has 0 atom stereocenters. The lowest BCUT2D eigenvalue weighted by molar-refractivity contribution is 0.102. The van der Waals surface area contributed by atoms with E-state index in [2.05, 4.69) is 20.4 Å². The van der Waals surface area contributed by atoms with Crippen molar-refractivity contribution in [2.24, 2.45) is 0 Å². The lowest BCUT2D eigenvalue weighted by atomic mass is 10.1. The molecule has 4 aromatic rings. The minimum Gasteiger partial charge on any atom is -0.497 e. The van der Waals surface area contributed by atoms with Crippen LogP contribution in [0.25, 0.3) is 17.4 Å². The number of benzene rings is 1. The third-order valence-electron chi connectivity index (χ3n) is 4.96. The van der Waals surface area contributed by atoms with Crippen LogP contribution in [0.15, 0.2) is 51.9 Å². The molecule has 0 aliphatic heterocycles. The van der Waals surface area contributed by atoms with E-state index in [1.807, 2.05) is 0 Å². The summed E-state index contributed by atoms with van der Waals surface area (Å²) in [6.45, 7) is 3.41. The number of nitrogens with one attached hydrogen (secondary N) is 2. The van der Waals surface area contributed by atoms with Crippen LogP contribution >= 0.6 is 0 Å². The van der Waals surface area contributed by atoms with Crippen molar-refractivity contribution in [2.45, 2.75) is 13.8 Å². The average molecular weight is 435 g/mol. The Morgan fingerprint density at radius 1 is 1.16 bits per heavy atom. The Balaban J connectivity index is 1.78. The summed E-state index contributed by atoms with van der Waals surface area (Å²) < 4.78 is 17.3. The number of ether oxygens (including phenoxy) is 2. The standard InChI is InChI=1S/C22H21N5O5/c1-12-13(2)23-22(25-20(12)28)27-19(11-16(26-27)17-6-5-9-32-17)24-21(29)15-8-7-14(30-3)10-18(15)31-4/h5-11H,1-4H3,(H,24,29)(H,23,25,28). The van der Waals surface area contributed by atoms with Gasteiger partial charge in [0.25, 0.3) is 11.5 Å². The number of aromatic amines is 1. The van der Waals surface area contributed by atoms with Gasteiger partial charge in [0, 0.05) is 23.4 Å². The van der Waals surface area contributed by atoms with Crippen molar-refractivity contribution in [3.05, 3.63) is 69.8 Å². The minimum atomic E-state index is -0.442. The van der Waals surface area contributed by atoms with Crippen molar-refractivity contribution in [3.63, 3.8) is 0 Å². The van der Waals surface area contributed by atoms with Crippen LogP contribution in [0.2, 0.25) is 0 Å². The first-order valence-electron chi connectivity index (χ1n) is 9.66. The number of hydrogen-bond acceptors (Lipinski definition) is 7. The van der Waals surface area contributed by atoms with Gasteiger partial charge in [-0.1, -0.05) is 0 Å². The van der Waals surface area contributed by atoms with E-state index in [4.69, 9.17) is 13.9 Å². The number of aryl methyl sites for hydroxylation is 1. The SMILES string of the molecule is COc1ccc(C(=O)Nc2cc(-c3ccco3)nn2-c2nc(C)c(C)c(=O)[nH]2)c(OC)c1. The Labute approximate surface area is 182 Å². The second-order valence-electron chi connectivity index (χ2n) is 6.92. The van der Waals surface area contributed by atoms with Gasteiger partial charge in [0.15, 0.2) is 5.76 Å². The first-order valence-corrected chi connectivity index (χ1v) is 9.66. The van der Waals surface area contributed by atoms with Crippen molar-refractivity contribution in [2.75, 3.05) is 19.5 Å². The molecule has 2 N–H and O–H groups in total. The maximum absolute atomic E-state index is 13.1. The summed E-state index contributed by atoms with van der Waals surface area (Å²) in [5.41, 5.74) is 1.50. The van der Waals surface area contributed by atoms with Crippen LogP contribution in [0.3, 0.4) is 0 Å². The number of carbonyl (C=O) groups excluding carboxylic acids is 1. The molecule has 0 aliphatic carbocycles. The van der Waals surface area contributed by atoms with E-state index in [-0.39, 0.29) is 17.3 Å². The fourth-order valence-electron chi connectivity index (χ4n) is 3.08. The topological polar surface area (TPSA) is 124 Å². The second-order valence-corrected chi connectivity index (χ2v) is 6.92. The highest BCUT2D eigenvalue weighted by atomic mass is 16.5. The molecule has 0 saturated carbocycles. The largest absolute Gasteiger partial charge is 0.497 e. The van der Waals surface area contributed by atoms with Crippen molar-refractivity contribution in [1.82, 2.24) is 19.7 Å². The Bertz CT molecular complexity index is 1340. The fourth-order valence-corrected chi connectivity index (χ4v) is 3.08. The van der Waals surface area contributed by atoms with Gasteiger partial charge in [-0.05, 0) is 38.1 Å². The highest BCUT2D eigenvalue weighted by Gasteiger charge is 2.20. The molecule has 0 unspecified atom stereocenters. The fraction of sp³-hybridized carbons (Fsp3) is 0.182.